The lowest BCUT2D eigenvalue weighted by molar-refractivity contribution is -0.187. The highest BCUT2D eigenvalue weighted by molar-refractivity contribution is 9.09. The maximum atomic E-state index is 14.4. The Bertz CT molecular complexity index is 2700. The highest BCUT2D eigenvalue weighted by Gasteiger charge is 2.64. The van der Waals surface area contributed by atoms with Crippen LogP contribution in [0.15, 0.2) is 54.1 Å². The number of primary amides is 1. The summed E-state index contributed by atoms with van der Waals surface area (Å²) in [6.45, 7) is 13.0. The normalized spacial score (nSPS) is 24.7. The van der Waals surface area contributed by atoms with Crippen molar-refractivity contribution in [2.24, 2.45) is 29.4 Å². The van der Waals surface area contributed by atoms with Gasteiger partial charge in [-0.25, -0.2) is 9.59 Å². The predicted octanol–water partition coefficient (Wildman–Crippen LogP) is 9.82. The number of allylic oxidation sites excluding steroid dienone is 3. The number of nitrogens with one attached hydrogen (secondary N) is 3. The standard InChI is InChI=1S/C61H84Br2ClN5O13/c1-35(2)44(29-43(70)17-12-10-11-13-19-48(71)42(33-62)34-63)57(75)67-46(18-15-23-66-58(65)76)49(72)28-40-21-22-45(37(4)25-40)68-59(77)81-52-30-53(73)69(8)47-27-41(26-38(5)55(47)64)24-36(3)16-14-20-51(79-9)61(78)31-50(80-54(74)32-61)39(6)56-60(52,7)82-56/h14,16,20-22,25-27,35,39,42,44,46,50-52,56,78H,10-13,15,17-19,23-24,28-34H2,1-9H3,(H,67,75)(H,68,77)(H3,65,66,76)/b20-14+,36-16+/t39-,44+,46+,50+,51-,52+,56+,60+,61-/m1/s1. The van der Waals surface area contributed by atoms with Crippen LogP contribution in [0.5, 0.6) is 0 Å². The molecule has 3 aliphatic heterocycles. The van der Waals surface area contributed by atoms with Gasteiger partial charge in [-0.05, 0) is 100 Å². The van der Waals surface area contributed by atoms with E-state index in [0.717, 1.165) is 36.0 Å². The van der Waals surface area contributed by atoms with Crippen LogP contribution < -0.4 is 26.6 Å². The molecule has 5 amide bonds. The molecule has 0 aromatic heterocycles. The van der Waals surface area contributed by atoms with Gasteiger partial charge in [-0.1, -0.05) is 119 Å². The van der Waals surface area contributed by atoms with Crippen LogP contribution in [0.25, 0.3) is 0 Å². The minimum atomic E-state index is -1.62. The van der Waals surface area contributed by atoms with Crippen LogP contribution in [0.3, 0.4) is 0 Å². The third-order valence-electron chi connectivity index (χ3n) is 16.1. The zero-order valence-electron chi connectivity index (χ0n) is 48.8. The predicted molar refractivity (Wildman–Crippen MR) is 322 cm³/mol. The maximum Gasteiger partial charge on any atom is 0.412 e. The van der Waals surface area contributed by atoms with E-state index in [9.17, 15) is 43.5 Å². The summed E-state index contributed by atoms with van der Waals surface area (Å²) in [5.74, 6) is -3.13. The number of fused-ring (bicyclic) bond motifs is 5. The lowest BCUT2D eigenvalue weighted by Gasteiger charge is -2.41. The van der Waals surface area contributed by atoms with E-state index < -0.39 is 83.4 Å². The minimum absolute atomic E-state index is 0.0120. The highest BCUT2D eigenvalue weighted by atomic mass is 79.9. The van der Waals surface area contributed by atoms with Crippen molar-refractivity contribution in [2.75, 3.05) is 41.6 Å². The fraction of sp³-hybridized carbons (Fsp3) is 0.607. The summed E-state index contributed by atoms with van der Waals surface area (Å²) >= 11 is 13.6. The Morgan fingerprint density at radius 1 is 0.963 bits per heavy atom. The van der Waals surface area contributed by atoms with E-state index in [1.54, 1.807) is 51.2 Å². The number of hydrogen-bond acceptors (Lipinski definition) is 13. The first-order valence-electron chi connectivity index (χ1n) is 28.4. The fourth-order valence-corrected chi connectivity index (χ4v) is 13.0. The molecule has 82 heavy (non-hydrogen) atoms. The Hall–Kier alpha value is -4.99. The summed E-state index contributed by atoms with van der Waals surface area (Å²) in [4.78, 5) is 108. The van der Waals surface area contributed by atoms with E-state index in [1.807, 2.05) is 52.8 Å². The third-order valence-corrected chi connectivity index (χ3v) is 18.1. The van der Waals surface area contributed by atoms with Gasteiger partial charge in [0.2, 0.25) is 11.8 Å². The largest absolute Gasteiger partial charge is 0.462 e. The van der Waals surface area contributed by atoms with Gasteiger partial charge in [-0.3, -0.25) is 34.1 Å². The molecule has 3 heterocycles. The monoisotopic (exact) mass is 1290 g/mol. The lowest BCUT2D eigenvalue weighted by atomic mass is 9.78. The number of nitrogens with two attached hydrogens (primary N) is 1. The third kappa shape index (κ3) is 19.0. The first kappa shape index (κ1) is 67.8. The van der Waals surface area contributed by atoms with Crippen LogP contribution in [0.1, 0.15) is 134 Å². The number of methoxy groups -OCH3 is 1. The molecule has 2 fully saturated rings. The van der Waals surface area contributed by atoms with Gasteiger partial charge in [0.15, 0.2) is 5.78 Å². The zero-order chi connectivity index (χ0) is 60.6. The zero-order valence-corrected chi connectivity index (χ0v) is 52.8. The fourth-order valence-electron chi connectivity index (χ4n) is 10.9. The number of halogens is 3. The van der Waals surface area contributed by atoms with Crippen molar-refractivity contribution >= 4 is 102 Å². The van der Waals surface area contributed by atoms with Crippen molar-refractivity contribution < 1.29 is 62.4 Å². The van der Waals surface area contributed by atoms with Crippen molar-refractivity contribution in [3.05, 3.63) is 81.4 Å². The Morgan fingerprint density at radius 3 is 2.30 bits per heavy atom. The average molecular weight is 1290 g/mol. The van der Waals surface area contributed by atoms with Gasteiger partial charge in [-0.2, -0.15) is 0 Å². The number of rotatable bonds is 25. The number of urea groups is 1. The van der Waals surface area contributed by atoms with Gasteiger partial charge in [0.05, 0.1) is 35.7 Å². The van der Waals surface area contributed by atoms with Crippen LogP contribution >= 0.6 is 43.5 Å². The molecule has 0 saturated carbocycles. The molecule has 9 atom stereocenters. The van der Waals surface area contributed by atoms with Crippen molar-refractivity contribution in [3.63, 3.8) is 0 Å². The smallest absolute Gasteiger partial charge is 0.412 e. The second kappa shape index (κ2) is 31.2. The number of benzene rings is 2. The molecule has 0 unspecified atom stereocenters. The number of Topliss-reactive ketones (excluding diaryl/α,β-unsaturated/α-hetero) is 3. The Morgan fingerprint density at radius 2 is 1.66 bits per heavy atom. The van der Waals surface area contributed by atoms with Crippen LogP contribution in [0.2, 0.25) is 5.02 Å². The number of aliphatic hydroxyl groups is 1. The molecule has 2 aromatic rings. The Balaban J connectivity index is 1.30. The van der Waals surface area contributed by atoms with Gasteiger partial charge in [0.1, 0.15) is 41.1 Å². The van der Waals surface area contributed by atoms with Crippen LogP contribution in [-0.2, 0) is 60.6 Å². The number of epoxide rings is 1. The summed E-state index contributed by atoms with van der Waals surface area (Å²) in [5.41, 5.74) is 6.97. The summed E-state index contributed by atoms with van der Waals surface area (Å²) in [7, 11) is 3.07. The van der Waals surface area contributed by atoms with E-state index in [0.29, 0.717) is 70.3 Å². The molecular weight excluding hydrogens is 1210 g/mol. The number of aryl methyl sites for hydroxylation is 2. The van der Waals surface area contributed by atoms with Crippen molar-refractivity contribution in [3.8, 4) is 0 Å². The number of ketones is 3. The second-order valence-electron chi connectivity index (χ2n) is 23.0. The lowest BCUT2D eigenvalue weighted by Crippen LogP contribution is -2.53. The number of carbonyl (C=O) groups excluding carboxylic acids is 8. The Kier molecular flexibility index (Phi) is 25.8. The number of ether oxygens (including phenoxy) is 4. The summed E-state index contributed by atoms with van der Waals surface area (Å²) in [6.07, 6.45) is 5.03. The van der Waals surface area contributed by atoms with Crippen molar-refractivity contribution in [1.82, 2.24) is 10.6 Å². The topological polar surface area (TPSA) is 262 Å². The molecule has 0 spiro atoms. The number of anilines is 2. The first-order valence-corrected chi connectivity index (χ1v) is 31.0. The molecule has 21 heteroatoms. The van der Waals surface area contributed by atoms with E-state index in [4.69, 9.17) is 36.3 Å². The molecule has 3 aliphatic rings. The van der Waals surface area contributed by atoms with Gasteiger partial charge >= 0.3 is 18.1 Å². The number of alkyl halides is 2. The van der Waals surface area contributed by atoms with Crippen LogP contribution in [-0.4, -0.2) is 125 Å². The van der Waals surface area contributed by atoms with Gasteiger partial charge in [0, 0.05) is 86.9 Å². The first-order chi connectivity index (χ1) is 38.7. The van der Waals surface area contributed by atoms with Gasteiger partial charge in [0.25, 0.3) is 0 Å². The second-order valence-corrected chi connectivity index (χ2v) is 24.7. The summed E-state index contributed by atoms with van der Waals surface area (Å²) < 4.78 is 24.1. The minimum Gasteiger partial charge on any atom is -0.462 e. The number of amides is 5. The van der Waals surface area contributed by atoms with Gasteiger partial charge in [-0.15, -0.1) is 0 Å². The number of nitrogens with zero attached hydrogens (tertiary/aromatic N) is 1. The molecule has 0 radical (unpaired) electrons. The quantitative estimate of drug-likeness (QED) is 0.0269. The molecule has 4 bridgehead atoms. The van der Waals surface area contributed by atoms with Crippen LogP contribution in [0.4, 0.5) is 21.0 Å². The van der Waals surface area contributed by atoms with Crippen molar-refractivity contribution in [1.29, 1.82) is 0 Å². The molecule has 0 aliphatic carbocycles. The maximum absolute atomic E-state index is 14.4. The molecule has 452 valence electrons. The number of hydrogen-bond donors (Lipinski definition) is 5. The average Bonchev–Trinajstić information content (AvgIpc) is 3.51. The molecular formula is C61H84Br2ClN5O13. The molecule has 2 aromatic carbocycles. The van der Waals surface area contributed by atoms with E-state index >= 15 is 0 Å². The molecule has 5 rings (SSSR count). The van der Waals surface area contributed by atoms with E-state index in [1.165, 1.54) is 12.0 Å². The number of carbonyl (C=O) groups is 8. The van der Waals surface area contributed by atoms with Gasteiger partial charge < -0.3 is 45.3 Å². The van der Waals surface area contributed by atoms with E-state index in [-0.39, 0.29) is 74.3 Å². The van der Waals surface area contributed by atoms with Crippen LogP contribution in [0, 0.1) is 37.5 Å². The highest BCUT2D eigenvalue weighted by Crippen LogP contribution is 2.50. The van der Waals surface area contributed by atoms with Crippen molar-refractivity contribution in [2.45, 2.75) is 180 Å². The molecule has 2 saturated heterocycles. The summed E-state index contributed by atoms with van der Waals surface area (Å²) in [5, 5.41) is 21.8. The number of unbranched alkanes of at least 4 members (excludes halogenated alkanes) is 3. The summed E-state index contributed by atoms with van der Waals surface area (Å²) in [6, 6.07) is 7.12. The SMILES string of the molecule is CO[C@@H]1/C=C/C=C(\C)Cc2cc(C)c(Cl)c(c2)N(C)C(=O)C[C@H](OC(=O)Nc2ccc(CC(=O)[C@H](CCCNC(N)=O)NC(=O)[C@@H](CC(=O)CCCCCCC(=O)C(CBr)CBr)C(C)C)cc2C)[C@]2(C)O[C@H]2[C@H](C)[C@@H]2C[C@@]1(O)CC(=O)O2. The molecule has 18 nitrogen and oxygen atoms in total. The van der Waals surface area contributed by atoms with E-state index in [2.05, 4.69) is 47.8 Å². The molecule has 6 N–H and O–H groups in total. The number of esters is 1. The Labute approximate surface area is 504 Å².